The number of nitrogens with zero attached hydrogens (tertiary/aromatic N) is 1. The predicted molar refractivity (Wildman–Crippen MR) is 157 cm³/mol. The molecule has 0 heterocycles. The number of carbonyl (C=O) groups is 2. The summed E-state index contributed by atoms with van der Waals surface area (Å²) in [4.78, 5) is 26.6. The first-order valence-electron chi connectivity index (χ1n) is 13.4. The minimum absolute atomic E-state index is 0.000367. The predicted octanol–water partition coefficient (Wildman–Crippen LogP) is 7.48. The molecule has 0 spiro atoms. The van der Waals surface area contributed by atoms with Crippen molar-refractivity contribution in [3.8, 4) is 0 Å². The number of aromatic carboxylic acids is 1. The van der Waals surface area contributed by atoms with Crippen LogP contribution in [-0.2, 0) is 23.7 Å². The molecule has 3 aromatic rings. The molecule has 38 heavy (non-hydrogen) atoms. The van der Waals surface area contributed by atoms with Crippen LogP contribution in [0.3, 0.4) is 0 Å². The zero-order chi connectivity index (χ0) is 27.7. The first-order chi connectivity index (χ1) is 17.9. The molecule has 1 aliphatic carbocycles. The van der Waals surface area contributed by atoms with Gasteiger partial charge >= 0.3 is 5.97 Å². The fourth-order valence-electron chi connectivity index (χ4n) is 5.50. The number of carboxylic acid groups (broad SMARTS) is 1. The quantitative estimate of drug-likeness (QED) is 0.253. The second-order valence-corrected chi connectivity index (χ2v) is 12.0. The number of rotatable bonds is 8. The van der Waals surface area contributed by atoms with Crippen molar-refractivity contribution in [2.45, 2.75) is 64.2 Å². The molecule has 198 valence electrons. The van der Waals surface area contributed by atoms with E-state index in [9.17, 15) is 9.59 Å². The molecule has 4 rings (SSSR count). The minimum atomic E-state index is -0.961. The Morgan fingerprint density at radius 2 is 1.47 bits per heavy atom. The van der Waals surface area contributed by atoms with E-state index < -0.39 is 5.97 Å². The minimum Gasteiger partial charge on any atom is -0.478 e. The first-order valence-corrected chi connectivity index (χ1v) is 13.4. The summed E-state index contributed by atoms with van der Waals surface area (Å²) >= 11 is 0. The van der Waals surface area contributed by atoms with Gasteiger partial charge in [-0.05, 0) is 107 Å². The highest BCUT2D eigenvalue weighted by Gasteiger charge is 2.39. The summed E-state index contributed by atoms with van der Waals surface area (Å²) < 4.78 is 0. The number of allylic oxidation sites excluding steroid dienone is 1. The zero-order valence-corrected chi connectivity index (χ0v) is 23.5. The lowest BCUT2D eigenvalue weighted by atomic mass is 9.61. The monoisotopic (exact) mass is 509 g/mol. The lowest BCUT2D eigenvalue weighted by molar-refractivity contribution is 0.0696. The van der Waals surface area contributed by atoms with Crippen LogP contribution in [0.2, 0.25) is 0 Å². The molecule has 1 aliphatic rings. The topological polar surface area (TPSA) is 57.6 Å². The summed E-state index contributed by atoms with van der Waals surface area (Å²) in [7, 11) is 4.10. The van der Waals surface area contributed by atoms with Crippen molar-refractivity contribution in [1.29, 1.82) is 0 Å². The summed E-state index contributed by atoms with van der Waals surface area (Å²) in [6, 6.07) is 19.5. The molecule has 0 radical (unpaired) electrons. The average Bonchev–Trinajstić information content (AvgIpc) is 2.88. The third-order valence-electron chi connectivity index (χ3n) is 8.01. The van der Waals surface area contributed by atoms with Crippen molar-refractivity contribution < 1.29 is 14.7 Å². The molecule has 0 unspecified atom stereocenters. The van der Waals surface area contributed by atoms with Crippen molar-refractivity contribution in [2.75, 3.05) is 19.0 Å². The molecule has 0 saturated carbocycles. The Balaban J connectivity index is 1.67. The molecular formula is C34H39NO3. The third kappa shape index (κ3) is 5.91. The maximum absolute atomic E-state index is 13.4. The standard InChI is InChI=1S/C34H39NO3/c1-33(2)19-20-34(3,4)31-26(15-9-24-10-16-28(17-11-24)35(5)6)21-27(22-29(31)33)30(36)18-12-23-7-13-25(14-8-23)32(37)38/h7-8,10-14,16-18,21-22H,9,15,19-20H2,1-6H3,(H,37,38). The molecule has 0 fully saturated rings. The van der Waals surface area contributed by atoms with Crippen molar-refractivity contribution in [1.82, 2.24) is 0 Å². The molecule has 1 N–H and O–H groups in total. The lowest BCUT2D eigenvalue weighted by Crippen LogP contribution is -2.35. The summed E-state index contributed by atoms with van der Waals surface area (Å²) in [5, 5.41) is 9.12. The van der Waals surface area contributed by atoms with Gasteiger partial charge in [-0.25, -0.2) is 4.79 Å². The van der Waals surface area contributed by atoms with Crippen LogP contribution in [0.4, 0.5) is 5.69 Å². The summed E-state index contributed by atoms with van der Waals surface area (Å²) in [5.41, 5.74) is 8.23. The second kappa shape index (κ2) is 10.6. The lowest BCUT2D eigenvalue weighted by Gasteiger charge is -2.43. The average molecular weight is 510 g/mol. The Morgan fingerprint density at radius 3 is 2.08 bits per heavy atom. The molecule has 0 saturated heterocycles. The number of benzene rings is 3. The molecule has 0 aliphatic heterocycles. The van der Waals surface area contributed by atoms with E-state index in [0.717, 1.165) is 31.2 Å². The van der Waals surface area contributed by atoms with Gasteiger partial charge in [0.25, 0.3) is 0 Å². The molecule has 4 nitrogen and oxygen atoms in total. The van der Waals surface area contributed by atoms with E-state index in [4.69, 9.17) is 5.11 Å². The van der Waals surface area contributed by atoms with E-state index >= 15 is 0 Å². The van der Waals surface area contributed by atoms with Crippen LogP contribution in [0.1, 0.15) is 89.1 Å². The molecule has 0 aromatic heterocycles. The Hall–Kier alpha value is -3.66. The molecule has 4 heteroatoms. The molecule has 0 amide bonds. The van der Waals surface area contributed by atoms with Gasteiger partial charge in [0.1, 0.15) is 0 Å². The van der Waals surface area contributed by atoms with E-state index in [1.54, 1.807) is 36.4 Å². The van der Waals surface area contributed by atoms with E-state index in [1.165, 1.54) is 27.9 Å². The maximum atomic E-state index is 13.4. The van der Waals surface area contributed by atoms with Gasteiger partial charge in [-0.1, -0.05) is 58.0 Å². The fourth-order valence-corrected chi connectivity index (χ4v) is 5.50. The van der Waals surface area contributed by atoms with E-state index in [0.29, 0.717) is 5.56 Å². The Bertz CT molecular complexity index is 1360. The zero-order valence-electron chi connectivity index (χ0n) is 23.5. The van der Waals surface area contributed by atoms with Crippen molar-refractivity contribution in [3.63, 3.8) is 0 Å². The van der Waals surface area contributed by atoms with Gasteiger partial charge in [-0.3, -0.25) is 4.79 Å². The van der Waals surface area contributed by atoms with Gasteiger partial charge in [-0.2, -0.15) is 0 Å². The van der Waals surface area contributed by atoms with Crippen molar-refractivity contribution in [2.24, 2.45) is 0 Å². The van der Waals surface area contributed by atoms with Gasteiger partial charge in [0.05, 0.1) is 5.56 Å². The highest BCUT2D eigenvalue weighted by atomic mass is 16.4. The Labute approximate surface area is 227 Å². The third-order valence-corrected chi connectivity index (χ3v) is 8.01. The number of hydrogen-bond acceptors (Lipinski definition) is 3. The largest absolute Gasteiger partial charge is 0.478 e. The van der Waals surface area contributed by atoms with Crippen LogP contribution in [0.25, 0.3) is 6.08 Å². The smallest absolute Gasteiger partial charge is 0.335 e. The number of ketones is 1. The van der Waals surface area contributed by atoms with Gasteiger partial charge in [0, 0.05) is 25.3 Å². The van der Waals surface area contributed by atoms with Crippen molar-refractivity contribution >= 4 is 23.5 Å². The fraction of sp³-hybridized carbons (Fsp3) is 0.353. The summed E-state index contributed by atoms with van der Waals surface area (Å²) in [6.45, 7) is 9.25. The number of aryl methyl sites for hydroxylation is 2. The van der Waals surface area contributed by atoms with E-state index in [1.807, 2.05) is 14.1 Å². The van der Waals surface area contributed by atoms with E-state index in [-0.39, 0.29) is 22.2 Å². The van der Waals surface area contributed by atoms with Gasteiger partial charge in [0.2, 0.25) is 0 Å². The molecular weight excluding hydrogens is 470 g/mol. The van der Waals surface area contributed by atoms with Crippen LogP contribution in [-0.4, -0.2) is 31.0 Å². The number of carboxylic acids is 1. The first kappa shape index (κ1) is 27.4. The number of anilines is 1. The van der Waals surface area contributed by atoms with Crippen LogP contribution in [0.5, 0.6) is 0 Å². The molecule has 0 bridgehead atoms. The molecule has 3 aromatic carbocycles. The number of fused-ring (bicyclic) bond motifs is 1. The number of hydrogen-bond donors (Lipinski definition) is 1. The summed E-state index contributed by atoms with van der Waals surface area (Å²) in [5.74, 6) is -0.997. The van der Waals surface area contributed by atoms with Crippen molar-refractivity contribution in [3.05, 3.63) is 106 Å². The SMILES string of the molecule is CN(C)c1ccc(CCc2cc(C(=O)C=Cc3ccc(C(=O)O)cc3)cc3c2C(C)(C)CCC3(C)C)cc1. The van der Waals surface area contributed by atoms with Gasteiger partial charge in [0.15, 0.2) is 5.78 Å². The second-order valence-electron chi connectivity index (χ2n) is 12.0. The van der Waals surface area contributed by atoms with Crippen LogP contribution >= 0.6 is 0 Å². The highest BCUT2D eigenvalue weighted by molar-refractivity contribution is 6.07. The van der Waals surface area contributed by atoms with Crippen LogP contribution in [0.15, 0.2) is 66.7 Å². The van der Waals surface area contributed by atoms with Gasteiger partial charge in [-0.15, -0.1) is 0 Å². The van der Waals surface area contributed by atoms with Gasteiger partial charge < -0.3 is 10.0 Å². The normalized spacial score (nSPS) is 15.7. The highest BCUT2D eigenvalue weighted by Crippen LogP contribution is 2.48. The Morgan fingerprint density at radius 1 is 0.842 bits per heavy atom. The maximum Gasteiger partial charge on any atom is 0.335 e. The van der Waals surface area contributed by atoms with Crippen LogP contribution < -0.4 is 4.90 Å². The van der Waals surface area contributed by atoms with E-state index in [2.05, 4.69) is 69.0 Å². The number of carbonyl (C=O) groups excluding carboxylic acids is 1. The van der Waals surface area contributed by atoms with Crippen LogP contribution in [0, 0.1) is 0 Å². The molecule has 0 atom stereocenters. The summed E-state index contributed by atoms with van der Waals surface area (Å²) in [6.07, 6.45) is 7.36. The Kier molecular flexibility index (Phi) is 7.64.